The molecule has 1 amide bonds. The number of amides is 1. The van der Waals surface area contributed by atoms with Crippen LogP contribution in [-0.4, -0.2) is 42.7 Å². The fourth-order valence-electron chi connectivity index (χ4n) is 1.90. The molecule has 1 heterocycles. The van der Waals surface area contributed by atoms with Gasteiger partial charge in [0.15, 0.2) is 5.54 Å². The van der Waals surface area contributed by atoms with E-state index in [1.54, 1.807) is 30.3 Å². The van der Waals surface area contributed by atoms with Gasteiger partial charge in [-0.1, -0.05) is 25.1 Å². The summed E-state index contributed by atoms with van der Waals surface area (Å²) in [4.78, 5) is 23.8. The summed E-state index contributed by atoms with van der Waals surface area (Å²) in [5, 5.41) is 22.7. The number of hydrogen-bond donors (Lipinski definition) is 2. The van der Waals surface area contributed by atoms with Crippen LogP contribution in [0.25, 0.3) is 5.69 Å². The van der Waals surface area contributed by atoms with E-state index in [0.717, 1.165) is 0 Å². The van der Waals surface area contributed by atoms with Crippen molar-refractivity contribution in [1.82, 2.24) is 25.5 Å². The molecule has 2 N–H and O–H groups in total. The van der Waals surface area contributed by atoms with E-state index in [-0.39, 0.29) is 0 Å². The lowest BCUT2D eigenvalue weighted by Crippen LogP contribution is -2.50. The van der Waals surface area contributed by atoms with Crippen LogP contribution < -0.4 is 5.32 Å². The van der Waals surface area contributed by atoms with E-state index in [2.05, 4.69) is 20.8 Å². The van der Waals surface area contributed by atoms with Gasteiger partial charge in [-0.3, -0.25) is 4.79 Å². The van der Waals surface area contributed by atoms with Gasteiger partial charge in [0, 0.05) is 5.56 Å². The van der Waals surface area contributed by atoms with Crippen LogP contribution in [0.2, 0.25) is 0 Å². The Kier molecular flexibility index (Phi) is 4.85. The fourth-order valence-corrected chi connectivity index (χ4v) is 1.90. The van der Waals surface area contributed by atoms with E-state index >= 15 is 0 Å². The first kappa shape index (κ1) is 16.3. The summed E-state index contributed by atoms with van der Waals surface area (Å²) in [7, 11) is 0. The maximum Gasteiger partial charge on any atom is 0.333 e. The van der Waals surface area contributed by atoms with Crippen molar-refractivity contribution in [1.29, 1.82) is 0 Å². The summed E-state index contributed by atoms with van der Waals surface area (Å²) in [6, 6.07) is 6.58. The Hall–Kier alpha value is -3.03. The van der Waals surface area contributed by atoms with E-state index in [4.69, 9.17) is 0 Å². The summed E-state index contributed by atoms with van der Waals surface area (Å²) in [6.45, 7) is 3.32. The van der Waals surface area contributed by atoms with Crippen LogP contribution in [-0.2, 0) is 4.79 Å². The number of carbonyl (C=O) groups excluding carboxylic acids is 1. The van der Waals surface area contributed by atoms with Crippen molar-refractivity contribution in [2.75, 3.05) is 0 Å². The van der Waals surface area contributed by atoms with Crippen LogP contribution in [0.3, 0.4) is 0 Å². The summed E-state index contributed by atoms with van der Waals surface area (Å²) < 4.78 is 1.41. The van der Waals surface area contributed by atoms with Crippen molar-refractivity contribution < 1.29 is 14.7 Å². The molecule has 1 aromatic heterocycles. The number of allylic oxidation sites excluding steroid dienone is 1. The van der Waals surface area contributed by atoms with Crippen molar-refractivity contribution in [3.05, 3.63) is 48.3 Å². The van der Waals surface area contributed by atoms with Crippen molar-refractivity contribution in [2.45, 2.75) is 25.8 Å². The van der Waals surface area contributed by atoms with Gasteiger partial charge in [-0.15, -0.1) is 5.10 Å². The van der Waals surface area contributed by atoms with Crippen molar-refractivity contribution in [3.63, 3.8) is 0 Å². The summed E-state index contributed by atoms with van der Waals surface area (Å²) >= 11 is 0. The average molecular weight is 315 g/mol. The smallest absolute Gasteiger partial charge is 0.333 e. The molecule has 0 saturated heterocycles. The number of carboxylic acids is 1. The highest BCUT2D eigenvalue weighted by Gasteiger charge is 2.32. The number of nitrogens with zero attached hydrogens (tertiary/aromatic N) is 4. The molecule has 0 radical (unpaired) electrons. The molecule has 0 fully saturated rings. The molecule has 0 aliphatic rings. The van der Waals surface area contributed by atoms with Crippen LogP contribution in [0, 0.1) is 0 Å². The number of rotatable bonds is 6. The highest BCUT2D eigenvalue weighted by atomic mass is 16.4. The maximum atomic E-state index is 12.4. The number of carbonyl (C=O) groups is 2. The Labute approximate surface area is 132 Å². The number of tetrazole rings is 1. The van der Waals surface area contributed by atoms with Gasteiger partial charge in [-0.25, -0.2) is 9.48 Å². The number of hydrogen-bond acceptors (Lipinski definition) is 5. The van der Waals surface area contributed by atoms with Gasteiger partial charge in [-0.05, 0) is 42.0 Å². The van der Waals surface area contributed by atoms with Gasteiger partial charge in [0.05, 0.1) is 5.69 Å². The standard InChI is InChI=1S/C15H17N5O3/c1-3-4-8-15(2,14(22)23)17-13(21)11-6-5-7-12(9-11)20-10-16-18-19-20/h4-10H,3H2,1-2H3,(H,17,21)(H,22,23). The van der Waals surface area contributed by atoms with Crippen LogP contribution in [0.15, 0.2) is 42.7 Å². The SMILES string of the molecule is CCC=CC(C)(NC(=O)c1cccc(-n2cnnn2)c1)C(=O)O. The minimum atomic E-state index is -1.47. The third-order valence-electron chi connectivity index (χ3n) is 3.23. The van der Waals surface area contributed by atoms with Crippen LogP contribution in [0.1, 0.15) is 30.6 Å². The molecule has 8 heteroatoms. The van der Waals surface area contributed by atoms with Crippen LogP contribution in [0.4, 0.5) is 0 Å². The van der Waals surface area contributed by atoms with Gasteiger partial charge in [0.2, 0.25) is 0 Å². The molecular weight excluding hydrogens is 298 g/mol. The van der Waals surface area contributed by atoms with Crippen molar-refractivity contribution in [2.24, 2.45) is 0 Å². The quantitative estimate of drug-likeness (QED) is 0.775. The molecule has 0 saturated carbocycles. The molecule has 0 spiro atoms. The van der Waals surface area contributed by atoms with Gasteiger partial charge in [0.1, 0.15) is 6.33 Å². The summed E-state index contributed by atoms with van der Waals surface area (Å²) in [5.74, 6) is -1.63. The average Bonchev–Trinajstić information content (AvgIpc) is 3.07. The lowest BCUT2D eigenvalue weighted by molar-refractivity contribution is -0.141. The maximum absolute atomic E-state index is 12.4. The summed E-state index contributed by atoms with van der Waals surface area (Å²) in [6.07, 6.45) is 5.25. The largest absolute Gasteiger partial charge is 0.479 e. The minimum Gasteiger partial charge on any atom is -0.479 e. The highest BCUT2D eigenvalue weighted by molar-refractivity contribution is 5.98. The topological polar surface area (TPSA) is 110 Å². The normalized spacial score (nSPS) is 13.7. The predicted octanol–water partition coefficient (Wildman–Crippen LogP) is 1.20. The van der Waals surface area contributed by atoms with Gasteiger partial charge < -0.3 is 10.4 Å². The van der Waals surface area contributed by atoms with E-state index in [1.165, 1.54) is 24.0 Å². The van der Waals surface area contributed by atoms with E-state index in [9.17, 15) is 14.7 Å². The molecule has 120 valence electrons. The molecule has 1 unspecified atom stereocenters. The monoisotopic (exact) mass is 315 g/mol. The second-order valence-corrected chi connectivity index (χ2v) is 5.08. The fraction of sp³-hybridized carbons (Fsp3) is 0.267. The zero-order chi connectivity index (χ0) is 16.9. The molecule has 0 aliphatic heterocycles. The minimum absolute atomic E-state index is 0.315. The molecule has 23 heavy (non-hydrogen) atoms. The highest BCUT2D eigenvalue weighted by Crippen LogP contribution is 2.12. The number of aliphatic carboxylic acids is 1. The van der Waals surface area contributed by atoms with Crippen LogP contribution >= 0.6 is 0 Å². The molecular formula is C15H17N5O3. The number of aromatic nitrogens is 4. The van der Waals surface area contributed by atoms with Crippen molar-refractivity contribution >= 4 is 11.9 Å². The first-order valence-electron chi connectivity index (χ1n) is 7.03. The number of benzene rings is 1. The number of carboxylic acid groups (broad SMARTS) is 1. The Balaban J connectivity index is 2.25. The third kappa shape index (κ3) is 3.79. The molecule has 2 aromatic rings. The Morgan fingerprint density at radius 1 is 1.43 bits per heavy atom. The Morgan fingerprint density at radius 3 is 2.83 bits per heavy atom. The second kappa shape index (κ2) is 6.82. The molecule has 0 aliphatic carbocycles. The molecule has 2 rings (SSSR count). The molecule has 0 bridgehead atoms. The zero-order valence-electron chi connectivity index (χ0n) is 12.8. The van der Waals surface area contributed by atoms with Gasteiger partial charge >= 0.3 is 5.97 Å². The lowest BCUT2D eigenvalue weighted by atomic mass is 10.0. The first-order valence-corrected chi connectivity index (χ1v) is 7.03. The third-order valence-corrected chi connectivity index (χ3v) is 3.23. The molecule has 1 aromatic carbocycles. The predicted molar refractivity (Wildman–Crippen MR) is 82.1 cm³/mol. The van der Waals surface area contributed by atoms with E-state index in [1.807, 2.05) is 6.92 Å². The Morgan fingerprint density at radius 2 is 2.22 bits per heavy atom. The summed E-state index contributed by atoms with van der Waals surface area (Å²) in [5.41, 5.74) is -0.558. The Bertz CT molecular complexity index is 726. The first-order chi connectivity index (χ1) is 11.0. The molecule has 1 atom stereocenters. The van der Waals surface area contributed by atoms with Gasteiger partial charge in [0.25, 0.3) is 5.91 Å². The number of nitrogens with one attached hydrogen (secondary N) is 1. The van der Waals surface area contributed by atoms with E-state index < -0.39 is 17.4 Å². The zero-order valence-corrected chi connectivity index (χ0v) is 12.8. The van der Waals surface area contributed by atoms with Crippen molar-refractivity contribution in [3.8, 4) is 5.69 Å². The second-order valence-electron chi connectivity index (χ2n) is 5.08. The lowest BCUT2D eigenvalue weighted by Gasteiger charge is -2.22. The van der Waals surface area contributed by atoms with Crippen LogP contribution in [0.5, 0.6) is 0 Å². The molecule has 8 nitrogen and oxygen atoms in total. The van der Waals surface area contributed by atoms with Gasteiger partial charge in [-0.2, -0.15) is 0 Å². The van der Waals surface area contributed by atoms with E-state index in [0.29, 0.717) is 17.7 Å².